The predicted molar refractivity (Wildman–Crippen MR) is 246 cm³/mol. The van der Waals surface area contributed by atoms with Crippen molar-refractivity contribution in [2.45, 2.75) is 250 Å². The lowest BCUT2D eigenvalue weighted by Gasteiger charge is -2.68. The zero-order valence-corrected chi connectivity index (χ0v) is 38.8. The zero-order chi connectivity index (χ0) is 43.2. The maximum atomic E-state index is 11.0. The molecule has 0 bridgehead atoms. The molecule has 0 aromatic rings. The Balaban J connectivity index is 3.46. The van der Waals surface area contributed by atoms with Crippen LogP contribution in [0.5, 0.6) is 0 Å². The molecule has 8 N–H and O–H groups in total. The fourth-order valence-corrected chi connectivity index (χ4v) is 12.8. The third-order valence-electron chi connectivity index (χ3n) is 15.8. The zero-order valence-electron chi connectivity index (χ0n) is 38.8. The number of aliphatic hydroxyl groups is 8. The molecule has 1 saturated carbocycles. The van der Waals surface area contributed by atoms with E-state index in [1.807, 2.05) is 0 Å². The van der Waals surface area contributed by atoms with Gasteiger partial charge in [-0.25, -0.2) is 0 Å². The Bertz CT molecular complexity index is 805. The molecule has 1 rings (SSSR count). The summed E-state index contributed by atoms with van der Waals surface area (Å²) < 4.78 is 0. The van der Waals surface area contributed by atoms with Crippen LogP contribution in [0, 0.1) is 21.7 Å². The average molecular weight is 843 g/mol. The first-order chi connectivity index (χ1) is 28.9. The molecule has 0 unspecified atom stereocenters. The van der Waals surface area contributed by atoms with Gasteiger partial charge in [0.05, 0.1) is 0 Å². The van der Waals surface area contributed by atoms with E-state index < -0.39 is 21.7 Å². The second-order valence-electron chi connectivity index (χ2n) is 19.3. The molecule has 59 heavy (non-hydrogen) atoms. The van der Waals surface area contributed by atoms with Crippen molar-refractivity contribution in [1.82, 2.24) is 0 Å². The molecule has 0 amide bonds. The molecule has 0 radical (unpaired) electrons. The minimum atomic E-state index is -0.916. The first kappa shape index (κ1) is 56.7. The highest BCUT2D eigenvalue weighted by atomic mass is 16.3. The van der Waals surface area contributed by atoms with Crippen molar-refractivity contribution in [1.29, 1.82) is 0 Å². The Hall–Kier alpha value is -0.320. The lowest BCUT2D eigenvalue weighted by Crippen LogP contribution is -2.63. The molecule has 1 fully saturated rings. The molecule has 0 atom stereocenters. The number of hydrogen-bond donors (Lipinski definition) is 8. The Morgan fingerprint density at radius 1 is 0.186 bits per heavy atom. The van der Waals surface area contributed by atoms with Gasteiger partial charge in [0, 0.05) is 52.9 Å². The van der Waals surface area contributed by atoms with Crippen LogP contribution in [0.2, 0.25) is 0 Å². The Morgan fingerprint density at radius 2 is 0.322 bits per heavy atom. The summed E-state index contributed by atoms with van der Waals surface area (Å²) in [5.74, 6) is 0. The molecule has 1 aliphatic carbocycles. The van der Waals surface area contributed by atoms with E-state index in [0.29, 0.717) is 38.5 Å². The van der Waals surface area contributed by atoms with Crippen LogP contribution < -0.4 is 0 Å². The van der Waals surface area contributed by atoms with E-state index >= 15 is 0 Å². The summed E-state index contributed by atoms with van der Waals surface area (Å²) >= 11 is 0. The van der Waals surface area contributed by atoms with E-state index in [1.54, 1.807) is 0 Å². The molecular formula is C51H102O8. The highest BCUT2D eigenvalue weighted by Crippen LogP contribution is 2.71. The van der Waals surface area contributed by atoms with Crippen LogP contribution in [-0.4, -0.2) is 93.7 Å². The summed E-state index contributed by atoms with van der Waals surface area (Å²) in [5.41, 5.74) is -3.28. The SMILES string of the molecule is OCCC1(CCO)CCCCCCCCCCCCCCCCCCCCCCCCCCCCCCCC(CCO)(CCO)C(CCO)(CCO)C1(CCO)CCO. The van der Waals surface area contributed by atoms with Crippen molar-refractivity contribution in [3.63, 3.8) is 0 Å². The lowest BCUT2D eigenvalue weighted by atomic mass is 9.36. The van der Waals surface area contributed by atoms with Crippen molar-refractivity contribution in [3.8, 4) is 0 Å². The minimum Gasteiger partial charge on any atom is -0.396 e. The van der Waals surface area contributed by atoms with E-state index in [0.717, 1.165) is 38.5 Å². The largest absolute Gasteiger partial charge is 0.396 e. The van der Waals surface area contributed by atoms with Crippen LogP contribution in [0.4, 0.5) is 0 Å². The molecule has 8 nitrogen and oxygen atoms in total. The summed E-state index contributed by atoms with van der Waals surface area (Å²) in [6, 6.07) is 0. The second-order valence-corrected chi connectivity index (χ2v) is 19.3. The van der Waals surface area contributed by atoms with Gasteiger partial charge in [-0.05, 0) is 85.9 Å². The number of rotatable bonds is 16. The highest BCUT2D eigenvalue weighted by molar-refractivity contribution is 5.14. The van der Waals surface area contributed by atoms with Crippen molar-refractivity contribution < 1.29 is 40.9 Å². The molecule has 0 saturated heterocycles. The summed E-state index contributed by atoms with van der Waals surface area (Å²) in [5, 5.41) is 87.4. The van der Waals surface area contributed by atoms with Crippen LogP contribution in [0.25, 0.3) is 0 Å². The summed E-state index contributed by atoms with van der Waals surface area (Å²) in [6.07, 6.45) is 40.6. The first-order valence-corrected chi connectivity index (χ1v) is 25.8. The van der Waals surface area contributed by atoms with Crippen molar-refractivity contribution in [2.75, 3.05) is 52.9 Å². The standard InChI is InChI=1S/C51H102O8/c52-40-32-48(33-41-53)30-28-26-24-22-20-18-16-14-12-10-8-6-4-2-1-3-5-7-9-11-13-15-17-19-21-23-25-27-29-31-49(34-42-54,35-43-55)51(38-46-58,39-47-59)50(48,36-44-56)37-45-57/h52-59H,1-47H2. The number of aliphatic hydroxyl groups excluding tert-OH is 8. The van der Waals surface area contributed by atoms with Crippen molar-refractivity contribution >= 4 is 0 Å². The Morgan fingerprint density at radius 3 is 0.458 bits per heavy atom. The van der Waals surface area contributed by atoms with E-state index in [2.05, 4.69) is 0 Å². The summed E-state index contributed by atoms with van der Waals surface area (Å²) in [7, 11) is 0. The topological polar surface area (TPSA) is 162 Å². The molecule has 354 valence electrons. The van der Waals surface area contributed by atoms with Gasteiger partial charge in [0.2, 0.25) is 0 Å². The van der Waals surface area contributed by atoms with Gasteiger partial charge in [-0.1, -0.05) is 186 Å². The monoisotopic (exact) mass is 843 g/mol. The van der Waals surface area contributed by atoms with Gasteiger partial charge in [0.1, 0.15) is 0 Å². The van der Waals surface area contributed by atoms with Crippen LogP contribution >= 0.6 is 0 Å². The van der Waals surface area contributed by atoms with Crippen LogP contribution in [0.1, 0.15) is 250 Å². The fourth-order valence-electron chi connectivity index (χ4n) is 12.8. The smallest absolute Gasteiger partial charge is 0.0436 e. The summed E-state index contributed by atoms with van der Waals surface area (Å²) in [4.78, 5) is 0. The molecule has 0 aliphatic heterocycles. The highest BCUT2D eigenvalue weighted by Gasteiger charge is 2.66. The van der Waals surface area contributed by atoms with E-state index in [9.17, 15) is 40.9 Å². The van der Waals surface area contributed by atoms with Gasteiger partial charge in [-0.2, -0.15) is 0 Å². The molecule has 0 spiro atoms. The first-order valence-electron chi connectivity index (χ1n) is 25.8. The van der Waals surface area contributed by atoms with Gasteiger partial charge in [-0.15, -0.1) is 0 Å². The van der Waals surface area contributed by atoms with Crippen LogP contribution in [-0.2, 0) is 0 Å². The van der Waals surface area contributed by atoms with Crippen molar-refractivity contribution in [2.24, 2.45) is 21.7 Å². The lowest BCUT2D eigenvalue weighted by molar-refractivity contribution is -0.220. The third-order valence-corrected chi connectivity index (χ3v) is 15.8. The second kappa shape index (κ2) is 37.1. The predicted octanol–water partition coefficient (Wildman–Crippen LogP) is 11.1. The quantitative estimate of drug-likeness (QED) is 0.0762. The molecule has 0 aromatic heterocycles. The molecule has 0 aromatic carbocycles. The number of hydrogen-bond acceptors (Lipinski definition) is 8. The van der Waals surface area contributed by atoms with E-state index in [1.165, 1.54) is 148 Å². The molecule has 0 heterocycles. The van der Waals surface area contributed by atoms with Crippen molar-refractivity contribution in [3.05, 3.63) is 0 Å². The molecular weight excluding hydrogens is 741 g/mol. The third kappa shape index (κ3) is 19.9. The van der Waals surface area contributed by atoms with Crippen LogP contribution in [0.15, 0.2) is 0 Å². The Labute approximate surface area is 364 Å². The maximum absolute atomic E-state index is 11.0. The summed E-state index contributed by atoms with van der Waals surface area (Å²) in [6.45, 7) is -1.26. The van der Waals surface area contributed by atoms with E-state index in [4.69, 9.17) is 0 Å². The van der Waals surface area contributed by atoms with Gasteiger partial charge in [-0.3, -0.25) is 0 Å². The molecule has 1 aliphatic rings. The van der Waals surface area contributed by atoms with Gasteiger partial charge >= 0.3 is 0 Å². The normalized spacial score (nSPS) is 22.8. The average Bonchev–Trinajstić information content (AvgIpc) is 3.22. The van der Waals surface area contributed by atoms with Gasteiger partial charge < -0.3 is 40.9 Å². The maximum Gasteiger partial charge on any atom is 0.0436 e. The van der Waals surface area contributed by atoms with Crippen LogP contribution in [0.3, 0.4) is 0 Å². The van der Waals surface area contributed by atoms with E-state index in [-0.39, 0.29) is 78.5 Å². The minimum absolute atomic E-state index is 0.125. The molecule has 8 heteroatoms. The van der Waals surface area contributed by atoms with Gasteiger partial charge in [0.25, 0.3) is 0 Å². The fraction of sp³-hybridized carbons (Fsp3) is 1.00. The van der Waals surface area contributed by atoms with Gasteiger partial charge in [0.15, 0.2) is 0 Å². The Kier molecular flexibility index (Phi) is 35.6.